The number of hydrogen-bond acceptors (Lipinski definition) is 5. The number of nitrogens with zero attached hydrogens (tertiary/aromatic N) is 1. The van der Waals surface area contributed by atoms with Gasteiger partial charge in [-0.15, -0.1) is 0 Å². The molecule has 1 heterocycles. The van der Waals surface area contributed by atoms with E-state index in [0.717, 1.165) is 14.0 Å². The minimum atomic E-state index is -2.01. The smallest absolute Gasteiger partial charge is 0.423 e. The quantitative estimate of drug-likeness (QED) is 0.618. The Morgan fingerprint density at radius 3 is 2.30 bits per heavy atom. The summed E-state index contributed by atoms with van der Waals surface area (Å²) in [7, 11) is 1.09. The Morgan fingerprint density at radius 2 is 1.80 bits per heavy atom. The van der Waals surface area contributed by atoms with Gasteiger partial charge in [0.25, 0.3) is 11.5 Å². The van der Waals surface area contributed by atoms with Crippen molar-refractivity contribution < 1.29 is 23.9 Å². The van der Waals surface area contributed by atoms with Gasteiger partial charge in [-0.2, -0.15) is 0 Å². The summed E-state index contributed by atoms with van der Waals surface area (Å²) in [4.78, 5) is 36.4. The number of methoxy groups -OCH3 is 1. The molecule has 1 aromatic rings. The minimum Gasteiger partial charge on any atom is -0.466 e. The third-order valence-electron chi connectivity index (χ3n) is 2.77. The predicted molar refractivity (Wildman–Crippen MR) is 70.9 cm³/mol. The highest BCUT2D eigenvalue weighted by atomic mass is 35.5. The highest BCUT2D eigenvalue weighted by Gasteiger charge is 2.57. The molecule has 1 aliphatic rings. The first-order valence-corrected chi connectivity index (χ1v) is 6.17. The Morgan fingerprint density at radius 1 is 1.25 bits per heavy atom. The van der Waals surface area contributed by atoms with Crippen molar-refractivity contribution in [2.45, 2.75) is 12.5 Å². The molecule has 1 atom stereocenters. The zero-order chi connectivity index (χ0) is 15.1. The summed E-state index contributed by atoms with van der Waals surface area (Å²) in [5, 5.41) is 0.472. The van der Waals surface area contributed by atoms with Gasteiger partial charge in [0.15, 0.2) is 0 Å². The monoisotopic (exact) mass is 317 g/mol. The van der Waals surface area contributed by atoms with Crippen LogP contribution in [0.15, 0.2) is 18.2 Å². The average molecular weight is 318 g/mol. The van der Waals surface area contributed by atoms with Gasteiger partial charge in [0.2, 0.25) is 0 Å². The number of halogens is 2. The second-order valence-electron chi connectivity index (χ2n) is 4.16. The summed E-state index contributed by atoms with van der Waals surface area (Å²) in [6.45, 7) is 1.16. The highest BCUT2D eigenvalue weighted by Crippen LogP contribution is 2.33. The molecule has 2 rings (SSSR count). The molecule has 0 spiro atoms. The number of benzene rings is 1. The molecule has 0 bridgehead atoms. The molecule has 0 radical (unpaired) electrons. The molecule has 20 heavy (non-hydrogen) atoms. The number of anilines is 1. The van der Waals surface area contributed by atoms with Crippen molar-refractivity contribution in [3.8, 4) is 0 Å². The molecule has 106 valence electrons. The molecule has 0 N–H and O–H groups in total. The fourth-order valence-electron chi connectivity index (χ4n) is 1.77. The van der Waals surface area contributed by atoms with Crippen molar-refractivity contribution in [2.24, 2.45) is 0 Å². The van der Waals surface area contributed by atoms with Gasteiger partial charge in [-0.25, -0.2) is 14.5 Å². The number of ether oxygens (including phenoxy) is 2. The van der Waals surface area contributed by atoms with E-state index in [-0.39, 0.29) is 15.7 Å². The van der Waals surface area contributed by atoms with Crippen LogP contribution in [0.3, 0.4) is 0 Å². The molecular weight excluding hydrogens is 309 g/mol. The van der Waals surface area contributed by atoms with Crippen LogP contribution in [0.1, 0.15) is 6.92 Å². The topological polar surface area (TPSA) is 72.9 Å². The van der Waals surface area contributed by atoms with Crippen molar-refractivity contribution in [2.75, 3.05) is 12.0 Å². The lowest BCUT2D eigenvalue weighted by molar-refractivity contribution is -0.161. The van der Waals surface area contributed by atoms with E-state index in [4.69, 9.17) is 27.9 Å². The molecule has 6 nitrogen and oxygen atoms in total. The molecular formula is C12H9Cl2NO5. The SMILES string of the molecule is COC(=O)C1(C)OC(=O)N(c2cc(Cl)cc(Cl)c2)C1=O. The molecule has 1 unspecified atom stereocenters. The number of imide groups is 1. The van der Waals surface area contributed by atoms with E-state index in [1.54, 1.807) is 0 Å². The van der Waals surface area contributed by atoms with E-state index < -0.39 is 23.6 Å². The molecule has 1 saturated heterocycles. The molecule has 1 aromatic carbocycles. The Hall–Kier alpha value is -1.79. The van der Waals surface area contributed by atoms with Gasteiger partial charge in [0.05, 0.1) is 12.8 Å². The van der Waals surface area contributed by atoms with Gasteiger partial charge in [-0.1, -0.05) is 23.2 Å². The molecule has 0 saturated carbocycles. The minimum absolute atomic E-state index is 0.116. The van der Waals surface area contributed by atoms with E-state index in [9.17, 15) is 14.4 Å². The van der Waals surface area contributed by atoms with Crippen molar-refractivity contribution in [1.29, 1.82) is 0 Å². The molecule has 8 heteroatoms. The van der Waals surface area contributed by atoms with Crippen molar-refractivity contribution in [1.82, 2.24) is 0 Å². The summed E-state index contributed by atoms with van der Waals surface area (Å²) < 4.78 is 9.31. The Labute approximate surface area is 124 Å². The number of carbonyl (C=O) groups excluding carboxylic acids is 3. The van der Waals surface area contributed by atoms with E-state index >= 15 is 0 Å². The van der Waals surface area contributed by atoms with Crippen LogP contribution in [-0.4, -0.2) is 30.7 Å². The third kappa shape index (κ3) is 2.21. The number of cyclic esters (lactones) is 1. The highest BCUT2D eigenvalue weighted by molar-refractivity contribution is 6.36. The number of hydrogen-bond donors (Lipinski definition) is 0. The van der Waals surface area contributed by atoms with Crippen molar-refractivity contribution in [3.05, 3.63) is 28.2 Å². The largest absolute Gasteiger partial charge is 0.466 e. The van der Waals surface area contributed by atoms with Gasteiger partial charge in [0, 0.05) is 10.0 Å². The molecule has 0 aromatic heterocycles. The summed E-state index contributed by atoms with van der Waals surface area (Å²) in [6, 6.07) is 4.16. The first-order chi connectivity index (χ1) is 9.29. The summed E-state index contributed by atoms with van der Waals surface area (Å²) in [5.41, 5.74) is -1.90. The summed E-state index contributed by atoms with van der Waals surface area (Å²) in [6.07, 6.45) is -0.999. The number of amides is 2. The van der Waals surface area contributed by atoms with Crippen LogP contribution in [-0.2, 0) is 19.1 Å². The predicted octanol–water partition coefficient (Wildman–Crippen LogP) is 2.41. The Balaban J connectivity index is 2.46. The normalized spacial score (nSPS) is 21.9. The first-order valence-electron chi connectivity index (χ1n) is 5.41. The molecule has 2 amide bonds. The second kappa shape index (κ2) is 4.96. The van der Waals surface area contributed by atoms with Gasteiger partial charge in [-0.05, 0) is 25.1 Å². The van der Waals surface area contributed by atoms with Gasteiger partial charge < -0.3 is 9.47 Å². The maximum Gasteiger partial charge on any atom is 0.423 e. The molecule has 1 fully saturated rings. The van der Waals surface area contributed by atoms with Crippen LogP contribution < -0.4 is 4.90 Å². The summed E-state index contributed by atoms with van der Waals surface area (Å²) in [5.74, 6) is -1.83. The molecule has 0 aliphatic carbocycles. The zero-order valence-corrected chi connectivity index (χ0v) is 12.0. The Bertz CT molecular complexity index is 598. The standard InChI is InChI=1S/C12H9Cl2NO5/c1-12(10(17)19-2)9(16)15(11(18)20-12)8-4-6(13)3-7(14)5-8/h3-5H,1-2H3. The fourth-order valence-corrected chi connectivity index (χ4v) is 2.29. The maximum absolute atomic E-state index is 12.3. The Kier molecular flexibility index (Phi) is 3.62. The van der Waals surface area contributed by atoms with Gasteiger partial charge in [0.1, 0.15) is 0 Å². The number of esters is 1. The van der Waals surface area contributed by atoms with Crippen molar-refractivity contribution >= 4 is 46.9 Å². The molecule has 1 aliphatic heterocycles. The third-order valence-corrected chi connectivity index (χ3v) is 3.20. The maximum atomic E-state index is 12.3. The van der Waals surface area contributed by atoms with Crippen molar-refractivity contribution in [3.63, 3.8) is 0 Å². The van der Waals surface area contributed by atoms with E-state index in [0.29, 0.717) is 4.90 Å². The fraction of sp³-hybridized carbons (Fsp3) is 0.250. The van der Waals surface area contributed by atoms with Crippen LogP contribution in [0.25, 0.3) is 0 Å². The average Bonchev–Trinajstić information content (AvgIpc) is 2.58. The number of carbonyl (C=O) groups is 3. The lowest BCUT2D eigenvalue weighted by atomic mass is 10.1. The van der Waals surface area contributed by atoms with E-state index in [2.05, 4.69) is 4.74 Å². The first kappa shape index (κ1) is 14.6. The lowest BCUT2D eigenvalue weighted by Crippen LogP contribution is -2.46. The zero-order valence-electron chi connectivity index (χ0n) is 10.5. The lowest BCUT2D eigenvalue weighted by Gasteiger charge is -2.16. The van der Waals surface area contributed by atoms with Crippen LogP contribution in [0, 0.1) is 0 Å². The van der Waals surface area contributed by atoms with E-state index in [1.807, 2.05) is 0 Å². The van der Waals surface area contributed by atoms with Gasteiger partial charge >= 0.3 is 12.1 Å². The van der Waals surface area contributed by atoms with Gasteiger partial charge in [-0.3, -0.25) is 4.79 Å². The van der Waals surface area contributed by atoms with Crippen LogP contribution >= 0.6 is 23.2 Å². The van der Waals surface area contributed by atoms with E-state index in [1.165, 1.54) is 18.2 Å². The van der Waals surface area contributed by atoms with Crippen LogP contribution in [0.4, 0.5) is 10.5 Å². The van der Waals surface area contributed by atoms with Crippen LogP contribution in [0.2, 0.25) is 10.0 Å². The summed E-state index contributed by atoms with van der Waals surface area (Å²) >= 11 is 11.6. The second-order valence-corrected chi connectivity index (χ2v) is 5.03. The van der Waals surface area contributed by atoms with Crippen LogP contribution in [0.5, 0.6) is 0 Å². The number of rotatable bonds is 2.